The molecule has 84 valence electrons. The van der Waals surface area contributed by atoms with Crippen LogP contribution in [-0.4, -0.2) is 37.1 Å². The maximum atomic E-state index is 3.49. The van der Waals surface area contributed by atoms with Crippen LogP contribution in [0, 0.1) is 0 Å². The molecule has 0 aromatic carbocycles. The molecule has 0 saturated carbocycles. The third-order valence-corrected chi connectivity index (χ3v) is 2.93. The lowest BCUT2D eigenvalue weighted by atomic mass is 10.1. The summed E-state index contributed by atoms with van der Waals surface area (Å²) < 4.78 is 0. The van der Waals surface area contributed by atoms with Crippen LogP contribution in [0.4, 0.5) is 0 Å². The Morgan fingerprint density at radius 3 is 2.14 bits per heavy atom. The SMILES string of the molecule is CC(C)NCCN1CCCCCCC1. The topological polar surface area (TPSA) is 15.3 Å². The average Bonchev–Trinajstić information content (AvgIpc) is 2.07. The van der Waals surface area contributed by atoms with Crippen LogP contribution in [0.2, 0.25) is 0 Å². The molecule has 1 N–H and O–H groups in total. The zero-order chi connectivity index (χ0) is 10.2. The fourth-order valence-corrected chi connectivity index (χ4v) is 2.05. The van der Waals surface area contributed by atoms with Gasteiger partial charge in [-0.25, -0.2) is 0 Å². The second-order valence-electron chi connectivity index (χ2n) is 4.72. The Labute approximate surface area is 89.1 Å². The van der Waals surface area contributed by atoms with E-state index in [1.807, 2.05) is 0 Å². The molecule has 0 amide bonds. The lowest BCUT2D eigenvalue weighted by molar-refractivity contribution is 0.245. The normalized spacial score (nSPS) is 20.8. The van der Waals surface area contributed by atoms with Crippen molar-refractivity contribution < 1.29 is 0 Å². The number of rotatable bonds is 4. The summed E-state index contributed by atoms with van der Waals surface area (Å²) in [5, 5.41) is 3.49. The molecule has 0 atom stereocenters. The summed E-state index contributed by atoms with van der Waals surface area (Å²) in [6, 6.07) is 0.629. The van der Waals surface area contributed by atoms with Crippen molar-refractivity contribution in [2.24, 2.45) is 0 Å². The van der Waals surface area contributed by atoms with Crippen LogP contribution in [0.25, 0.3) is 0 Å². The molecule has 1 aliphatic heterocycles. The predicted octanol–water partition coefficient (Wildman–Crippen LogP) is 2.25. The maximum Gasteiger partial charge on any atom is 0.0107 e. The highest BCUT2D eigenvalue weighted by molar-refractivity contribution is 4.64. The van der Waals surface area contributed by atoms with Crippen molar-refractivity contribution >= 4 is 0 Å². The van der Waals surface area contributed by atoms with Gasteiger partial charge in [0.2, 0.25) is 0 Å². The van der Waals surface area contributed by atoms with Gasteiger partial charge >= 0.3 is 0 Å². The van der Waals surface area contributed by atoms with Gasteiger partial charge in [0.1, 0.15) is 0 Å². The Morgan fingerprint density at radius 2 is 1.57 bits per heavy atom. The molecule has 1 heterocycles. The van der Waals surface area contributed by atoms with Gasteiger partial charge in [-0.1, -0.05) is 33.1 Å². The highest BCUT2D eigenvalue weighted by Crippen LogP contribution is 2.09. The molecule has 2 heteroatoms. The molecule has 2 nitrogen and oxygen atoms in total. The molecular weight excluding hydrogens is 172 g/mol. The van der Waals surface area contributed by atoms with Gasteiger partial charge in [-0.15, -0.1) is 0 Å². The van der Waals surface area contributed by atoms with Crippen molar-refractivity contribution in [3.8, 4) is 0 Å². The number of hydrogen-bond donors (Lipinski definition) is 1. The molecular formula is C12H26N2. The minimum atomic E-state index is 0.629. The lowest BCUT2D eigenvalue weighted by Gasteiger charge is -2.24. The van der Waals surface area contributed by atoms with E-state index < -0.39 is 0 Å². The van der Waals surface area contributed by atoms with E-state index in [1.54, 1.807) is 0 Å². The van der Waals surface area contributed by atoms with Gasteiger partial charge in [0.05, 0.1) is 0 Å². The van der Waals surface area contributed by atoms with E-state index in [2.05, 4.69) is 24.1 Å². The molecule has 0 spiro atoms. The quantitative estimate of drug-likeness (QED) is 0.745. The van der Waals surface area contributed by atoms with Gasteiger partial charge in [0.15, 0.2) is 0 Å². The van der Waals surface area contributed by atoms with Crippen molar-refractivity contribution in [2.45, 2.75) is 52.0 Å². The van der Waals surface area contributed by atoms with Crippen molar-refractivity contribution in [1.29, 1.82) is 0 Å². The summed E-state index contributed by atoms with van der Waals surface area (Å²) in [6.45, 7) is 9.45. The standard InChI is InChI=1S/C12H26N2/c1-12(2)13-8-11-14-9-6-4-3-5-7-10-14/h12-13H,3-11H2,1-2H3. The van der Waals surface area contributed by atoms with Crippen LogP contribution in [0.3, 0.4) is 0 Å². The molecule has 1 fully saturated rings. The van der Waals surface area contributed by atoms with Crippen molar-refractivity contribution in [2.75, 3.05) is 26.2 Å². The molecule has 0 unspecified atom stereocenters. The Bertz CT molecular complexity index is 126. The molecule has 0 aliphatic carbocycles. The van der Waals surface area contributed by atoms with Gasteiger partial charge in [0.25, 0.3) is 0 Å². The summed E-state index contributed by atoms with van der Waals surface area (Å²) in [5.74, 6) is 0. The monoisotopic (exact) mass is 198 g/mol. The molecule has 1 rings (SSSR count). The first-order chi connectivity index (χ1) is 6.79. The maximum absolute atomic E-state index is 3.49. The largest absolute Gasteiger partial charge is 0.313 e. The van der Waals surface area contributed by atoms with E-state index >= 15 is 0 Å². The molecule has 0 aromatic heterocycles. The van der Waals surface area contributed by atoms with Crippen LogP contribution in [0.15, 0.2) is 0 Å². The first-order valence-corrected chi connectivity index (χ1v) is 6.25. The average molecular weight is 198 g/mol. The third-order valence-electron chi connectivity index (χ3n) is 2.93. The number of hydrogen-bond acceptors (Lipinski definition) is 2. The Kier molecular flexibility index (Phi) is 6.20. The van der Waals surface area contributed by atoms with Gasteiger partial charge in [0, 0.05) is 19.1 Å². The number of likely N-dealkylation sites (tertiary alicyclic amines) is 1. The van der Waals surface area contributed by atoms with E-state index in [0.29, 0.717) is 6.04 Å². The predicted molar refractivity (Wildman–Crippen MR) is 62.7 cm³/mol. The van der Waals surface area contributed by atoms with Gasteiger partial charge in [-0.3, -0.25) is 0 Å². The second kappa shape index (κ2) is 7.24. The number of nitrogens with zero attached hydrogens (tertiary/aromatic N) is 1. The Balaban J connectivity index is 2.08. The van der Waals surface area contributed by atoms with Crippen molar-refractivity contribution in [3.63, 3.8) is 0 Å². The lowest BCUT2D eigenvalue weighted by Crippen LogP contribution is -2.36. The van der Waals surface area contributed by atoms with Crippen molar-refractivity contribution in [1.82, 2.24) is 10.2 Å². The van der Waals surface area contributed by atoms with Gasteiger partial charge in [-0.2, -0.15) is 0 Å². The molecule has 14 heavy (non-hydrogen) atoms. The van der Waals surface area contributed by atoms with Crippen molar-refractivity contribution in [3.05, 3.63) is 0 Å². The van der Waals surface area contributed by atoms with Crippen LogP contribution < -0.4 is 5.32 Å². The number of nitrogens with one attached hydrogen (secondary N) is 1. The van der Waals surface area contributed by atoms with Gasteiger partial charge in [-0.05, 0) is 25.9 Å². The third kappa shape index (κ3) is 5.61. The van der Waals surface area contributed by atoms with E-state index in [0.717, 1.165) is 6.54 Å². The highest BCUT2D eigenvalue weighted by atomic mass is 15.1. The fourth-order valence-electron chi connectivity index (χ4n) is 2.05. The Morgan fingerprint density at radius 1 is 1.00 bits per heavy atom. The highest BCUT2D eigenvalue weighted by Gasteiger charge is 2.07. The van der Waals surface area contributed by atoms with Gasteiger partial charge < -0.3 is 10.2 Å². The first-order valence-electron chi connectivity index (χ1n) is 6.25. The molecule has 0 aromatic rings. The summed E-state index contributed by atoms with van der Waals surface area (Å²) in [7, 11) is 0. The fraction of sp³-hybridized carbons (Fsp3) is 1.00. The molecule has 1 saturated heterocycles. The van der Waals surface area contributed by atoms with Crippen LogP contribution in [-0.2, 0) is 0 Å². The van der Waals surface area contributed by atoms with E-state index in [9.17, 15) is 0 Å². The van der Waals surface area contributed by atoms with Crippen LogP contribution in [0.1, 0.15) is 46.0 Å². The summed E-state index contributed by atoms with van der Waals surface area (Å²) in [5.41, 5.74) is 0. The first kappa shape index (κ1) is 12.0. The van der Waals surface area contributed by atoms with E-state index in [-0.39, 0.29) is 0 Å². The zero-order valence-corrected chi connectivity index (χ0v) is 9.89. The summed E-state index contributed by atoms with van der Waals surface area (Å²) in [4.78, 5) is 2.62. The van der Waals surface area contributed by atoms with Crippen LogP contribution >= 0.6 is 0 Å². The second-order valence-corrected chi connectivity index (χ2v) is 4.72. The smallest absolute Gasteiger partial charge is 0.0107 e. The molecule has 0 bridgehead atoms. The Hall–Kier alpha value is -0.0800. The van der Waals surface area contributed by atoms with Crippen LogP contribution in [0.5, 0.6) is 0 Å². The summed E-state index contributed by atoms with van der Waals surface area (Å²) >= 11 is 0. The zero-order valence-electron chi connectivity index (χ0n) is 9.89. The minimum Gasteiger partial charge on any atom is -0.313 e. The van der Waals surface area contributed by atoms with E-state index in [4.69, 9.17) is 0 Å². The molecule has 0 radical (unpaired) electrons. The van der Waals surface area contributed by atoms with E-state index in [1.165, 1.54) is 51.7 Å². The molecule has 1 aliphatic rings. The summed E-state index contributed by atoms with van der Waals surface area (Å²) in [6.07, 6.45) is 7.14. The minimum absolute atomic E-state index is 0.629.